The van der Waals surface area contributed by atoms with Gasteiger partial charge in [0.1, 0.15) is 10.8 Å². The summed E-state index contributed by atoms with van der Waals surface area (Å²) in [5.41, 5.74) is 8.41. The SMILES string of the molecule is CC(c1c(C#Cc2cccc3cc([C@H](C)NC(=O)c4c(N)nn5cccnc45)n(-c4ccccc4)c(=O)c23)cnn1C)S(N)(=O)=O. The Hall–Kier alpha value is -5.78. The van der Waals surface area contributed by atoms with E-state index in [0.717, 1.165) is 0 Å². The third-order valence-corrected chi connectivity index (χ3v) is 8.93. The molecule has 5 N–H and O–H groups in total. The number of fused-ring (bicyclic) bond motifs is 2. The lowest BCUT2D eigenvalue weighted by Gasteiger charge is -2.21. The second-order valence-corrected chi connectivity index (χ2v) is 12.6. The topological polar surface area (TPSA) is 185 Å². The number of hydrogen-bond acceptors (Lipinski definition) is 8. The maximum absolute atomic E-state index is 14.4. The van der Waals surface area contributed by atoms with E-state index in [-0.39, 0.29) is 16.9 Å². The van der Waals surface area contributed by atoms with E-state index < -0.39 is 27.2 Å². The molecular weight excluding hydrogens is 606 g/mol. The summed E-state index contributed by atoms with van der Waals surface area (Å²) in [6, 6.07) is 17.2. The Morgan fingerprint density at radius 1 is 1.02 bits per heavy atom. The molecule has 6 aromatic rings. The standard InChI is InChI=1S/C32H29N9O4S/c1-19(37-31(42)27-29(33)38-40-16-8-15-35-30(27)40)25-17-22-10-7-9-21(26(22)32(43)41(25)24-11-5-4-6-12-24)13-14-23-18-36-39(3)28(23)20(2)46(34,44)45/h4-12,15-20H,1-3H3,(H2,33,38)(H,37,42)(H2,34,44,45)/t19-,20?/m0/s1. The zero-order valence-electron chi connectivity index (χ0n) is 25.0. The Morgan fingerprint density at radius 2 is 1.76 bits per heavy atom. The van der Waals surface area contributed by atoms with Gasteiger partial charge in [0.05, 0.1) is 28.9 Å². The van der Waals surface area contributed by atoms with E-state index >= 15 is 0 Å². The predicted molar refractivity (Wildman–Crippen MR) is 174 cm³/mol. The summed E-state index contributed by atoms with van der Waals surface area (Å²) in [6.07, 6.45) is 4.65. The van der Waals surface area contributed by atoms with Gasteiger partial charge in [0.15, 0.2) is 11.5 Å². The van der Waals surface area contributed by atoms with Crippen molar-refractivity contribution in [3.05, 3.63) is 118 Å². The Kier molecular flexibility index (Phi) is 7.64. The van der Waals surface area contributed by atoms with Crippen LogP contribution >= 0.6 is 0 Å². The first-order valence-electron chi connectivity index (χ1n) is 14.1. The smallest absolute Gasteiger partial charge is 0.264 e. The number of anilines is 1. The first kappa shape index (κ1) is 30.3. The van der Waals surface area contributed by atoms with E-state index in [1.807, 2.05) is 24.3 Å². The molecule has 0 aliphatic carbocycles. The van der Waals surface area contributed by atoms with Crippen LogP contribution in [0.15, 0.2) is 84.0 Å². The number of nitrogen functional groups attached to an aromatic ring is 1. The van der Waals surface area contributed by atoms with Crippen molar-refractivity contribution in [1.82, 2.24) is 34.3 Å². The van der Waals surface area contributed by atoms with E-state index in [0.29, 0.717) is 44.6 Å². The summed E-state index contributed by atoms with van der Waals surface area (Å²) in [5, 5.41) is 16.6. The molecule has 46 heavy (non-hydrogen) atoms. The van der Waals surface area contributed by atoms with Crippen molar-refractivity contribution in [1.29, 1.82) is 0 Å². The lowest BCUT2D eigenvalue weighted by molar-refractivity contribution is 0.0941. The van der Waals surface area contributed by atoms with Crippen molar-refractivity contribution in [2.45, 2.75) is 25.1 Å². The summed E-state index contributed by atoms with van der Waals surface area (Å²) >= 11 is 0. The molecule has 232 valence electrons. The molecule has 0 saturated carbocycles. The number of sulfonamides is 1. The summed E-state index contributed by atoms with van der Waals surface area (Å²) in [4.78, 5) is 32.1. The summed E-state index contributed by atoms with van der Waals surface area (Å²) in [7, 11) is -2.30. The lowest BCUT2D eigenvalue weighted by Crippen LogP contribution is -2.32. The molecule has 14 heteroatoms. The fourth-order valence-corrected chi connectivity index (χ4v) is 6.02. The van der Waals surface area contributed by atoms with Crippen LogP contribution in [0.3, 0.4) is 0 Å². The first-order chi connectivity index (χ1) is 22.0. The number of para-hydroxylation sites is 1. The summed E-state index contributed by atoms with van der Waals surface area (Å²) in [5.74, 6) is 5.59. The third kappa shape index (κ3) is 5.38. The normalized spacial score (nSPS) is 12.9. The Balaban J connectivity index is 1.47. The van der Waals surface area contributed by atoms with Crippen molar-refractivity contribution >= 4 is 38.2 Å². The van der Waals surface area contributed by atoms with Crippen molar-refractivity contribution in [3.8, 4) is 17.5 Å². The molecule has 0 spiro atoms. The van der Waals surface area contributed by atoms with Gasteiger partial charge in [-0.25, -0.2) is 23.1 Å². The van der Waals surface area contributed by atoms with Crippen LogP contribution in [0.5, 0.6) is 0 Å². The lowest BCUT2D eigenvalue weighted by atomic mass is 10.0. The minimum Gasteiger partial charge on any atom is -0.381 e. The maximum Gasteiger partial charge on any atom is 0.264 e. The fraction of sp³-hybridized carbons (Fsp3) is 0.156. The number of aryl methyl sites for hydroxylation is 1. The number of primary sulfonamides is 1. The minimum atomic E-state index is -3.91. The number of nitrogens with zero attached hydrogens (tertiary/aromatic N) is 6. The van der Waals surface area contributed by atoms with E-state index in [2.05, 4.69) is 32.3 Å². The van der Waals surface area contributed by atoms with Gasteiger partial charge in [-0.2, -0.15) is 5.10 Å². The van der Waals surface area contributed by atoms with E-state index in [1.54, 1.807) is 62.8 Å². The molecule has 0 bridgehead atoms. The highest BCUT2D eigenvalue weighted by atomic mass is 32.2. The molecule has 2 aromatic carbocycles. The van der Waals surface area contributed by atoms with Crippen molar-refractivity contribution in [3.63, 3.8) is 0 Å². The zero-order chi connectivity index (χ0) is 32.7. The Morgan fingerprint density at radius 3 is 2.50 bits per heavy atom. The molecule has 2 atom stereocenters. The number of pyridine rings is 1. The van der Waals surface area contributed by atoms with Crippen LogP contribution in [-0.4, -0.2) is 43.3 Å². The van der Waals surface area contributed by atoms with Gasteiger partial charge >= 0.3 is 0 Å². The average molecular weight is 636 g/mol. The molecule has 1 amide bonds. The highest BCUT2D eigenvalue weighted by Gasteiger charge is 2.25. The molecule has 0 radical (unpaired) electrons. The van der Waals surface area contributed by atoms with Gasteiger partial charge in [0.2, 0.25) is 10.0 Å². The molecule has 0 aliphatic rings. The molecule has 0 aliphatic heterocycles. The number of hydrogen-bond donors (Lipinski definition) is 3. The quantitative estimate of drug-likeness (QED) is 0.233. The molecule has 0 fully saturated rings. The second-order valence-electron chi connectivity index (χ2n) is 10.7. The van der Waals surface area contributed by atoms with E-state index in [4.69, 9.17) is 10.9 Å². The van der Waals surface area contributed by atoms with Gasteiger partial charge in [-0.05, 0) is 49.6 Å². The minimum absolute atomic E-state index is 0.0285. The zero-order valence-corrected chi connectivity index (χ0v) is 25.9. The summed E-state index contributed by atoms with van der Waals surface area (Å²) in [6.45, 7) is 3.24. The number of carbonyl (C=O) groups is 1. The predicted octanol–water partition coefficient (Wildman–Crippen LogP) is 2.59. The monoisotopic (exact) mass is 635 g/mol. The fourth-order valence-electron chi connectivity index (χ4n) is 5.43. The van der Waals surface area contributed by atoms with Crippen molar-refractivity contribution < 1.29 is 13.2 Å². The average Bonchev–Trinajstić information content (AvgIpc) is 3.57. The van der Waals surface area contributed by atoms with Gasteiger partial charge in [-0.1, -0.05) is 42.2 Å². The molecular formula is C32H29N9O4S. The van der Waals surface area contributed by atoms with Crippen LogP contribution in [-0.2, 0) is 17.1 Å². The Labute approximate surface area is 263 Å². The van der Waals surface area contributed by atoms with Gasteiger partial charge in [-0.15, -0.1) is 5.10 Å². The molecule has 4 aromatic heterocycles. The molecule has 4 heterocycles. The number of aromatic nitrogens is 6. The van der Waals surface area contributed by atoms with Crippen molar-refractivity contribution in [2.75, 3.05) is 5.73 Å². The number of carbonyl (C=O) groups excluding carboxylic acids is 1. The number of nitrogens with one attached hydrogen (secondary N) is 1. The Bertz CT molecular complexity index is 2380. The second kappa shape index (κ2) is 11.6. The highest BCUT2D eigenvalue weighted by Crippen LogP contribution is 2.26. The molecule has 13 nitrogen and oxygen atoms in total. The number of nitrogens with two attached hydrogens (primary N) is 2. The van der Waals surface area contributed by atoms with Gasteiger partial charge in [0, 0.05) is 36.4 Å². The number of rotatable bonds is 6. The van der Waals surface area contributed by atoms with Gasteiger partial charge in [-0.3, -0.25) is 18.8 Å². The number of amides is 1. The highest BCUT2D eigenvalue weighted by molar-refractivity contribution is 7.89. The third-order valence-electron chi connectivity index (χ3n) is 7.72. The maximum atomic E-state index is 14.4. The molecule has 1 unspecified atom stereocenters. The van der Waals surface area contributed by atoms with Gasteiger partial charge in [0.25, 0.3) is 11.5 Å². The van der Waals surface area contributed by atoms with Crippen LogP contribution in [0.25, 0.3) is 22.1 Å². The van der Waals surface area contributed by atoms with Crippen LogP contribution in [0, 0.1) is 11.8 Å². The van der Waals surface area contributed by atoms with Crippen molar-refractivity contribution in [2.24, 2.45) is 12.2 Å². The van der Waals surface area contributed by atoms with Crippen LogP contribution in [0.4, 0.5) is 5.82 Å². The molecule has 6 rings (SSSR count). The molecule has 0 saturated heterocycles. The number of benzene rings is 2. The van der Waals surface area contributed by atoms with E-state index in [9.17, 15) is 18.0 Å². The van der Waals surface area contributed by atoms with Crippen LogP contribution in [0.1, 0.15) is 58.0 Å². The summed E-state index contributed by atoms with van der Waals surface area (Å²) < 4.78 is 28.6. The van der Waals surface area contributed by atoms with E-state index in [1.165, 1.54) is 26.9 Å². The largest absolute Gasteiger partial charge is 0.381 e. The van der Waals surface area contributed by atoms with Crippen LogP contribution in [0.2, 0.25) is 0 Å². The van der Waals surface area contributed by atoms with Crippen LogP contribution < -0.4 is 21.7 Å². The first-order valence-corrected chi connectivity index (χ1v) is 15.8. The van der Waals surface area contributed by atoms with Gasteiger partial charge < -0.3 is 11.1 Å².